The number of phosphoric acid groups is 1. The summed E-state index contributed by atoms with van der Waals surface area (Å²) in [5.41, 5.74) is 0. The highest BCUT2D eigenvalue weighted by Gasteiger charge is 2.27. The van der Waals surface area contributed by atoms with Crippen molar-refractivity contribution in [3.8, 4) is 0 Å². The SMILES string of the molecule is CC/C=C\C/C=C\C/C=C\C/C=C\C/C=C\C/C=C\CCCCCCCCCCC(=O)NC(COP(=O)([O-])OCC[N+](C)(C)C)C(/C=C/CCCCCCCCCCCC)OC(=O)CCCCCCCCCC/C=C\C/C=C\C/C=C\C/C=C\C/C=C\C/C=C\CC. The molecular formula is C82H139N2O7P. The van der Waals surface area contributed by atoms with E-state index < -0.39 is 26.6 Å². The summed E-state index contributed by atoms with van der Waals surface area (Å²) in [5.74, 6) is -0.567. The topological polar surface area (TPSA) is 114 Å². The second kappa shape index (κ2) is 69.5. The first kappa shape index (κ1) is 87.6. The largest absolute Gasteiger partial charge is 0.756 e. The molecule has 0 aromatic heterocycles. The molecule has 524 valence electrons. The smallest absolute Gasteiger partial charge is 0.306 e. The van der Waals surface area contributed by atoms with Crippen LogP contribution in [0.15, 0.2) is 158 Å². The molecular weight excluding hydrogens is 1160 g/mol. The van der Waals surface area contributed by atoms with Crippen molar-refractivity contribution in [3.63, 3.8) is 0 Å². The molecule has 0 heterocycles. The van der Waals surface area contributed by atoms with Gasteiger partial charge >= 0.3 is 5.97 Å². The summed E-state index contributed by atoms with van der Waals surface area (Å²) in [6, 6.07) is -0.910. The molecule has 0 rings (SSSR count). The molecule has 10 heteroatoms. The molecule has 0 aliphatic rings. The lowest BCUT2D eigenvalue weighted by molar-refractivity contribution is -0.870. The molecule has 0 spiro atoms. The number of amides is 1. The average molecular weight is 1300 g/mol. The molecule has 92 heavy (non-hydrogen) atoms. The molecule has 0 fully saturated rings. The van der Waals surface area contributed by atoms with Gasteiger partial charge in [-0.15, -0.1) is 0 Å². The summed E-state index contributed by atoms with van der Waals surface area (Å²) in [6.07, 6.45) is 102. The number of ether oxygens (including phenoxy) is 1. The third-order valence-electron chi connectivity index (χ3n) is 15.7. The standard InChI is InChI=1S/C82H139N2O7P/c1-7-10-13-16-19-22-25-28-30-32-34-36-38-40-42-44-46-48-50-52-54-56-59-62-65-68-71-74-81(85)83-79(78-90-92(87,88)89-77-76-84(4,5)6)80(73-70-67-64-61-58-27-24-21-18-15-12-9-3)91-82(86)75-72-69-66-63-60-57-55-53-51-49-47-45-43-41-39-37-35-33-31-29-26-23-20-17-14-11-8-2/h10-11,13-14,19-20,22-23,28-31,34-37,40-43,46-49,70,73,79-80H,7-9,12,15-18,21,24-27,32-33,38-39,44-45,50-69,71-72,74-78H2,1-6H3,(H-,83,85,87,88)/b13-10-,14-11-,22-19-,23-20-,30-28-,31-29-,36-34-,37-35-,42-40-,43-41-,48-46-,49-47-,73-70+. The molecule has 1 N–H and O–H groups in total. The van der Waals surface area contributed by atoms with Crippen LogP contribution >= 0.6 is 7.82 Å². The van der Waals surface area contributed by atoms with Crippen molar-refractivity contribution in [1.82, 2.24) is 5.32 Å². The van der Waals surface area contributed by atoms with Crippen molar-refractivity contribution in [2.24, 2.45) is 0 Å². The van der Waals surface area contributed by atoms with Crippen LogP contribution in [0.2, 0.25) is 0 Å². The molecule has 0 radical (unpaired) electrons. The maximum absolute atomic E-state index is 13.6. The van der Waals surface area contributed by atoms with Gasteiger partial charge in [0.15, 0.2) is 0 Å². The minimum atomic E-state index is -4.72. The van der Waals surface area contributed by atoms with E-state index in [0.717, 1.165) is 154 Å². The molecule has 1 amide bonds. The number of allylic oxidation sites excluding steroid dienone is 25. The monoisotopic (exact) mass is 1300 g/mol. The molecule has 0 aromatic rings. The third kappa shape index (κ3) is 70.0. The van der Waals surface area contributed by atoms with Gasteiger partial charge in [0.1, 0.15) is 19.3 Å². The minimum absolute atomic E-state index is 0.0339. The van der Waals surface area contributed by atoms with E-state index in [-0.39, 0.29) is 24.9 Å². The lowest BCUT2D eigenvalue weighted by Gasteiger charge is -2.30. The van der Waals surface area contributed by atoms with Gasteiger partial charge in [-0.05, 0) is 134 Å². The van der Waals surface area contributed by atoms with Gasteiger partial charge in [-0.25, -0.2) is 0 Å². The van der Waals surface area contributed by atoms with E-state index >= 15 is 0 Å². The third-order valence-corrected chi connectivity index (χ3v) is 16.7. The van der Waals surface area contributed by atoms with E-state index in [9.17, 15) is 19.0 Å². The van der Waals surface area contributed by atoms with E-state index in [4.69, 9.17) is 13.8 Å². The summed E-state index contributed by atoms with van der Waals surface area (Å²) < 4.78 is 30.5. The maximum Gasteiger partial charge on any atom is 0.306 e. The normalized spacial score (nSPS) is 14.4. The molecule has 0 aliphatic carbocycles. The Balaban J connectivity index is 5.08. The van der Waals surface area contributed by atoms with Crippen molar-refractivity contribution >= 4 is 19.7 Å². The zero-order valence-electron chi connectivity index (χ0n) is 59.9. The van der Waals surface area contributed by atoms with Gasteiger partial charge in [0.2, 0.25) is 5.91 Å². The van der Waals surface area contributed by atoms with Crippen LogP contribution in [0.1, 0.15) is 297 Å². The van der Waals surface area contributed by atoms with Gasteiger partial charge in [0.05, 0.1) is 33.8 Å². The molecule has 0 saturated heterocycles. The number of hydrogen-bond donors (Lipinski definition) is 1. The number of esters is 1. The first-order valence-electron chi connectivity index (χ1n) is 37.3. The van der Waals surface area contributed by atoms with Crippen LogP contribution in [0, 0.1) is 0 Å². The Morgan fingerprint density at radius 3 is 1.04 bits per heavy atom. The van der Waals surface area contributed by atoms with Crippen molar-refractivity contribution in [1.29, 1.82) is 0 Å². The van der Waals surface area contributed by atoms with Gasteiger partial charge in [-0.2, -0.15) is 0 Å². The van der Waals surface area contributed by atoms with Gasteiger partial charge in [-0.3, -0.25) is 14.2 Å². The zero-order chi connectivity index (χ0) is 67.0. The Kier molecular flexibility index (Phi) is 66.2. The second-order valence-electron chi connectivity index (χ2n) is 25.7. The van der Waals surface area contributed by atoms with Crippen LogP contribution in [-0.2, 0) is 27.9 Å². The highest BCUT2D eigenvalue weighted by Crippen LogP contribution is 2.38. The second-order valence-corrected chi connectivity index (χ2v) is 27.1. The Labute approximate surface area is 567 Å². The van der Waals surface area contributed by atoms with Crippen LogP contribution in [0.5, 0.6) is 0 Å². The summed E-state index contributed by atoms with van der Waals surface area (Å²) in [7, 11) is 1.15. The molecule has 0 saturated carbocycles. The van der Waals surface area contributed by atoms with E-state index in [1.54, 1.807) is 0 Å². The van der Waals surface area contributed by atoms with E-state index in [1.165, 1.54) is 103 Å². The Morgan fingerprint density at radius 1 is 0.391 bits per heavy atom. The van der Waals surface area contributed by atoms with Gasteiger partial charge in [0.25, 0.3) is 7.82 Å². The van der Waals surface area contributed by atoms with Crippen molar-refractivity contribution in [3.05, 3.63) is 158 Å². The molecule has 0 bridgehead atoms. The number of unbranched alkanes of at least 4 members (excludes halogenated alkanes) is 26. The van der Waals surface area contributed by atoms with E-state index in [0.29, 0.717) is 23.9 Å². The first-order valence-corrected chi connectivity index (χ1v) is 38.8. The summed E-state index contributed by atoms with van der Waals surface area (Å²) in [5, 5.41) is 3.04. The Morgan fingerprint density at radius 2 is 0.696 bits per heavy atom. The zero-order valence-corrected chi connectivity index (χ0v) is 60.8. The summed E-state index contributed by atoms with van der Waals surface area (Å²) in [4.78, 5) is 40.3. The fraction of sp³-hybridized carbons (Fsp3) is 0.659. The molecule has 0 aromatic carbocycles. The van der Waals surface area contributed by atoms with Crippen LogP contribution in [-0.4, -0.2) is 69.4 Å². The van der Waals surface area contributed by atoms with Crippen molar-refractivity contribution < 1.29 is 37.3 Å². The van der Waals surface area contributed by atoms with Crippen molar-refractivity contribution in [2.45, 2.75) is 309 Å². The predicted molar refractivity (Wildman–Crippen MR) is 399 cm³/mol. The fourth-order valence-electron chi connectivity index (χ4n) is 10.1. The lowest BCUT2D eigenvalue weighted by atomic mass is 10.0. The van der Waals surface area contributed by atoms with Crippen LogP contribution in [0.4, 0.5) is 0 Å². The molecule has 3 atom stereocenters. The highest BCUT2D eigenvalue weighted by molar-refractivity contribution is 7.45. The lowest BCUT2D eigenvalue weighted by Crippen LogP contribution is -2.47. The maximum atomic E-state index is 13.6. The number of carbonyl (C=O) groups is 2. The van der Waals surface area contributed by atoms with Gasteiger partial charge < -0.3 is 28.5 Å². The van der Waals surface area contributed by atoms with Crippen molar-refractivity contribution in [2.75, 3.05) is 40.9 Å². The molecule has 0 aliphatic heterocycles. The fourth-order valence-corrected chi connectivity index (χ4v) is 10.8. The summed E-state index contributed by atoms with van der Waals surface area (Å²) >= 11 is 0. The average Bonchev–Trinajstić information content (AvgIpc) is 3.69. The van der Waals surface area contributed by atoms with Crippen LogP contribution < -0.4 is 10.2 Å². The Bertz CT molecular complexity index is 2130. The quantitative estimate of drug-likeness (QED) is 0.0212. The predicted octanol–water partition coefficient (Wildman–Crippen LogP) is 23.7. The number of nitrogens with zero attached hydrogens (tertiary/aromatic N) is 1. The minimum Gasteiger partial charge on any atom is -0.756 e. The van der Waals surface area contributed by atoms with E-state index in [1.807, 2.05) is 33.3 Å². The number of quaternary nitrogens is 1. The number of carbonyl (C=O) groups excluding carboxylic acids is 2. The Hall–Kier alpha value is -4.37. The number of hydrogen-bond acceptors (Lipinski definition) is 7. The first-order chi connectivity index (χ1) is 44.9. The van der Waals surface area contributed by atoms with Crippen LogP contribution in [0.25, 0.3) is 0 Å². The highest BCUT2D eigenvalue weighted by atomic mass is 31.2. The van der Waals surface area contributed by atoms with Gasteiger partial charge in [0, 0.05) is 12.8 Å². The number of likely N-dealkylation sites (N-methyl/N-ethyl adjacent to an activating group) is 1. The summed E-state index contributed by atoms with van der Waals surface area (Å²) in [6.45, 7) is 6.60. The number of nitrogens with one attached hydrogen (secondary N) is 1. The van der Waals surface area contributed by atoms with Gasteiger partial charge in [-0.1, -0.05) is 308 Å². The number of rotatable bonds is 66. The number of phosphoric ester groups is 1. The van der Waals surface area contributed by atoms with E-state index in [2.05, 4.69) is 172 Å². The molecule has 3 unspecified atom stereocenters. The molecule has 9 nitrogen and oxygen atoms in total. The van der Waals surface area contributed by atoms with Crippen LogP contribution in [0.3, 0.4) is 0 Å².